The van der Waals surface area contributed by atoms with Gasteiger partial charge in [-0.25, -0.2) is 0 Å². The van der Waals surface area contributed by atoms with Crippen molar-refractivity contribution in [2.75, 3.05) is 13.1 Å². The van der Waals surface area contributed by atoms with Crippen molar-refractivity contribution in [3.8, 4) is 0 Å². The van der Waals surface area contributed by atoms with Gasteiger partial charge in [-0.15, -0.1) is 0 Å². The highest BCUT2D eigenvalue weighted by Crippen LogP contribution is 2.40. The van der Waals surface area contributed by atoms with E-state index in [1.165, 1.54) is 45.2 Å². The van der Waals surface area contributed by atoms with Crippen molar-refractivity contribution in [1.82, 2.24) is 5.32 Å². The molecule has 2 aliphatic rings. The van der Waals surface area contributed by atoms with Crippen LogP contribution in [0.1, 0.15) is 46.0 Å². The molecule has 66 valence electrons. The van der Waals surface area contributed by atoms with E-state index in [4.69, 9.17) is 0 Å². The highest BCUT2D eigenvalue weighted by Gasteiger charge is 2.38. The summed E-state index contributed by atoms with van der Waals surface area (Å²) in [5.41, 5.74) is 0.806. The fraction of sp³-hybridized carbons (Fsp3) is 1.00. The Balaban J connectivity index is 0.000000179. The van der Waals surface area contributed by atoms with Crippen molar-refractivity contribution < 1.29 is 0 Å². The second-order valence-corrected chi connectivity index (χ2v) is 4.02. The lowest BCUT2D eigenvalue weighted by Gasteiger charge is -2.39. The minimum Gasteiger partial charge on any atom is -0.316 e. The smallest absolute Gasteiger partial charge is 0.00202 e. The summed E-state index contributed by atoms with van der Waals surface area (Å²) >= 11 is 0. The van der Waals surface area contributed by atoms with Crippen LogP contribution in [0.4, 0.5) is 0 Å². The van der Waals surface area contributed by atoms with Crippen molar-refractivity contribution in [3.05, 3.63) is 0 Å². The first kappa shape index (κ1) is 9.05. The van der Waals surface area contributed by atoms with E-state index in [0.717, 1.165) is 5.41 Å². The molecule has 1 aliphatic carbocycles. The Bertz CT molecular complexity index is 97.4. The van der Waals surface area contributed by atoms with Gasteiger partial charge in [0.2, 0.25) is 0 Å². The standard InChI is InChI=1S/C7H13N.C3H8/c1-2-4-7(3-1)5-8-6-7;1-3-2/h8H,1-6H2;3H2,1-2H3. The van der Waals surface area contributed by atoms with Crippen LogP contribution in [0.15, 0.2) is 0 Å². The molecule has 2 rings (SSSR count). The molecule has 11 heavy (non-hydrogen) atoms. The Hall–Kier alpha value is -0.0400. The molecule has 0 amide bonds. The Labute approximate surface area is 70.6 Å². The van der Waals surface area contributed by atoms with Crippen LogP contribution in [0.3, 0.4) is 0 Å². The molecule has 0 atom stereocenters. The van der Waals surface area contributed by atoms with Crippen molar-refractivity contribution in [3.63, 3.8) is 0 Å². The average Bonchev–Trinajstić information content (AvgIpc) is 2.34. The predicted molar refractivity (Wildman–Crippen MR) is 49.7 cm³/mol. The third kappa shape index (κ3) is 2.19. The fourth-order valence-electron chi connectivity index (χ4n) is 1.96. The molecule has 0 aromatic carbocycles. The molecule has 0 aromatic heterocycles. The highest BCUT2D eigenvalue weighted by atomic mass is 15.0. The maximum atomic E-state index is 3.34. The van der Waals surface area contributed by atoms with E-state index in [1.54, 1.807) is 0 Å². The molecular formula is C10H21N. The van der Waals surface area contributed by atoms with Crippen LogP contribution in [0.5, 0.6) is 0 Å². The molecule has 1 N–H and O–H groups in total. The first-order valence-corrected chi connectivity index (χ1v) is 5.04. The normalized spacial score (nSPS) is 25.6. The summed E-state index contributed by atoms with van der Waals surface area (Å²) in [5.74, 6) is 0. The topological polar surface area (TPSA) is 12.0 Å². The molecule has 1 nitrogen and oxygen atoms in total. The van der Waals surface area contributed by atoms with Crippen LogP contribution >= 0.6 is 0 Å². The van der Waals surface area contributed by atoms with Crippen molar-refractivity contribution >= 4 is 0 Å². The van der Waals surface area contributed by atoms with Crippen molar-refractivity contribution in [2.24, 2.45) is 5.41 Å². The summed E-state index contributed by atoms with van der Waals surface area (Å²) in [4.78, 5) is 0. The van der Waals surface area contributed by atoms with E-state index in [1.807, 2.05) is 0 Å². The zero-order valence-corrected chi connectivity index (χ0v) is 7.95. The molecular weight excluding hydrogens is 134 g/mol. The second-order valence-electron chi connectivity index (χ2n) is 4.02. The van der Waals surface area contributed by atoms with Crippen LogP contribution < -0.4 is 5.32 Å². The summed E-state index contributed by atoms with van der Waals surface area (Å²) in [6.45, 7) is 6.88. The van der Waals surface area contributed by atoms with E-state index in [-0.39, 0.29) is 0 Å². The van der Waals surface area contributed by atoms with E-state index in [9.17, 15) is 0 Å². The Morgan fingerprint density at radius 2 is 1.55 bits per heavy atom. The quantitative estimate of drug-likeness (QED) is 0.567. The van der Waals surface area contributed by atoms with Crippen LogP contribution in [0.25, 0.3) is 0 Å². The minimum atomic E-state index is 0.806. The fourth-order valence-corrected chi connectivity index (χ4v) is 1.96. The van der Waals surface area contributed by atoms with Crippen molar-refractivity contribution in [1.29, 1.82) is 0 Å². The molecule has 1 saturated carbocycles. The summed E-state index contributed by atoms with van der Waals surface area (Å²) in [6.07, 6.45) is 7.23. The predicted octanol–water partition coefficient (Wildman–Crippen LogP) is 2.57. The highest BCUT2D eigenvalue weighted by molar-refractivity contribution is 4.95. The van der Waals surface area contributed by atoms with Crippen LogP contribution in [0.2, 0.25) is 0 Å². The Morgan fingerprint density at radius 3 is 1.73 bits per heavy atom. The molecule has 0 bridgehead atoms. The summed E-state index contributed by atoms with van der Waals surface area (Å²) in [7, 11) is 0. The maximum absolute atomic E-state index is 3.34. The van der Waals surface area contributed by atoms with Gasteiger partial charge in [-0.1, -0.05) is 33.1 Å². The monoisotopic (exact) mass is 155 g/mol. The minimum absolute atomic E-state index is 0.806. The van der Waals surface area contributed by atoms with E-state index in [0.29, 0.717) is 0 Å². The molecule has 1 spiro atoms. The lowest BCUT2D eigenvalue weighted by Crippen LogP contribution is -2.51. The van der Waals surface area contributed by atoms with Crippen molar-refractivity contribution in [2.45, 2.75) is 46.0 Å². The first-order valence-electron chi connectivity index (χ1n) is 5.04. The van der Waals surface area contributed by atoms with Crippen LogP contribution in [-0.2, 0) is 0 Å². The van der Waals surface area contributed by atoms with E-state index >= 15 is 0 Å². The maximum Gasteiger partial charge on any atom is 0.00202 e. The molecule has 1 saturated heterocycles. The second kappa shape index (κ2) is 4.10. The van der Waals surface area contributed by atoms with Gasteiger partial charge in [0.05, 0.1) is 0 Å². The lowest BCUT2D eigenvalue weighted by atomic mass is 9.80. The largest absolute Gasteiger partial charge is 0.316 e. The number of hydrogen-bond donors (Lipinski definition) is 1. The van der Waals surface area contributed by atoms with E-state index in [2.05, 4.69) is 19.2 Å². The molecule has 1 aliphatic heterocycles. The van der Waals surface area contributed by atoms with Gasteiger partial charge in [0.15, 0.2) is 0 Å². The molecule has 1 heteroatoms. The average molecular weight is 155 g/mol. The number of rotatable bonds is 0. The third-order valence-electron chi connectivity index (χ3n) is 2.66. The summed E-state index contributed by atoms with van der Waals surface area (Å²) in [6, 6.07) is 0. The van der Waals surface area contributed by atoms with Crippen LogP contribution in [0, 0.1) is 5.41 Å². The number of hydrogen-bond acceptors (Lipinski definition) is 1. The first-order chi connectivity index (χ1) is 5.33. The zero-order chi connectivity index (χ0) is 8.16. The van der Waals surface area contributed by atoms with Gasteiger partial charge in [0.25, 0.3) is 0 Å². The molecule has 2 fully saturated rings. The van der Waals surface area contributed by atoms with Gasteiger partial charge in [-0.3, -0.25) is 0 Å². The SMILES string of the molecule is C1CCC2(C1)CNC2.CCC. The lowest BCUT2D eigenvalue weighted by molar-refractivity contribution is 0.178. The third-order valence-corrected chi connectivity index (χ3v) is 2.66. The number of nitrogens with one attached hydrogen (secondary N) is 1. The van der Waals surface area contributed by atoms with Gasteiger partial charge in [0, 0.05) is 13.1 Å². The summed E-state index contributed by atoms with van der Waals surface area (Å²) in [5, 5.41) is 3.34. The van der Waals surface area contributed by atoms with Gasteiger partial charge in [0.1, 0.15) is 0 Å². The Kier molecular flexibility index (Phi) is 3.38. The molecule has 0 radical (unpaired) electrons. The Morgan fingerprint density at radius 1 is 1.09 bits per heavy atom. The molecule has 0 unspecified atom stereocenters. The van der Waals surface area contributed by atoms with Gasteiger partial charge in [-0.05, 0) is 18.3 Å². The van der Waals surface area contributed by atoms with Crippen LogP contribution in [-0.4, -0.2) is 13.1 Å². The molecule has 1 heterocycles. The molecule has 0 aromatic rings. The van der Waals surface area contributed by atoms with Gasteiger partial charge >= 0.3 is 0 Å². The summed E-state index contributed by atoms with van der Waals surface area (Å²) < 4.78 is 0. The van der Waals surface area contributed by atoms with E-state index < -0.39 is 0 Å². The van der Waals surface area contributed by atoms with Gasteiger partial charge in [-0.2, -0.15) is 0 Å². The van der Waals surface area contributed by atoms with Gasteiger partial charge < -0.3 is 5.32 Å². The zero-order valence-electron chi connectivity index (χ0n) is 7.95.